The number of urea groups is 1. The van der Waals surface area contributed by atoms with Crippen molar-refractivity contribution in [2.45, 2.75) is 18.9 Å². The van der Waals surface area contributed by atoms with E-state index in [1.54, 1.807) is 24.8 Å². The largest absolute Gasteiger partial charge is 0.387 e. The van der Waals surface area contributed by atoms with Gasteiger partial charge in [-0.15, -0.1) is 0 Å². The van der Waals surface area contributed by atoms with Crippen LogP contribution >= 0.6 is 11.8 Å². The van der Waals surface area contributed by atoms with E-state index in [1.165, 1.54) is 12.1 Å². The molecule has 1 heterocycles. The van der Waals surface area contributed by atoms with Gasteiger partial charge in [-0.05, 0) is 42.9 Å². The van der Waals surface area contributed by atoms with Crippen LogP contribution in [0.25, 0.3) is 0 Å². The van der Waals surface area contributed by atoms with E-state index >= 15 is 0 Å². The van der Waals surface area contributed by atoms with Crippen molar-refractivity contribution < 1.29 is 14.3 Å². The summed E-state index contributed by atoms with van der Waals surface area (Å²) in [5.41, 5.74) is 0.202. The quantitative estimate of drug-likeness (QED) is 0.797. The minimum Gasteiger partial charge on any atom is -0.387 e. The van der Waals surface area contributed by atoms with Crippen LogP contribution in [0.3, 0.4) is 0 Å². The third-order valence-electron chi connectivity index (χ3n) is 3.08. The lowest BCUT2D eigenvalue weighted by Crippen LogP contribution is -2.44. The Morgan fingerprint density at radius 3 is 3.00 bits per heavy atom. The van der Waals surface area contributed by atoms with Gasteiger partial charge in [0.05, 0.1) is 5.60 Å². The predicted octanol–water partition coefficient (Wildman–Crippen LogP) is 2.12. The van der Waals surface area contributed by atoms with E-state index in [2.05, 4.69) is 10.6 Å². The number of carbonyl (C=O) groups is 1. The lowest BCUT2D eigenvalue weighted by molar-refractivity contribution is 0.0706. The number of aryl methyl sites for hydroxylation is 1. The molecule has 104 valence electrons. The van der Waals surface area contributed by atoms with E-state index in [0.717, 1.165) is 5.75 Å². The molecule has 3 N–H and O–H groups in total. The molecule has 1 fully saturated rings. The van der Waals surface area contributed by atoms with Crippen molar-refractivity contribution in [1.82, 2.24) is 5.32 Å². The van der Waals surface area contributed by atoms with Crippen molar-refractivity contribution in [1.29, 1.82) is 0 Å². The minimum absolute atomic E-state index is 0.228. The molecule has 0 saturated carbocycles. The summed E-state index contributed by atoms with van der Waals surface area (Å²) in [6.45, 7) is 1.86. The highest BCUT2D eigenvalue weighted by Crippen LogP contribution is 2.26. The zero-order valence-corrected chi connectivity index (χ0v) is 11.5. The molecule has 1 saturated heterocycles. The van der Waals surface area contributed by atoms with E-state index in [4.69, 9.17) is 0 Å². The summed E-state index contributed by atoms with van der Waals surface area (Å²) in [7, 11) is 0. The van der Waals surface area contributed by atoms with Gasteiger partial charge >= 0.3 is 6.03 Å². The molecule has 2 rings (SSSR count). The van der Waals surface area contributed by atoms with Crippen molar-refractivity contribution in [3.63, 3.8) is 0 Å². The molecule has 1 unspecified atom stereocenters. The summed E-state index contributed by atoms with van der Waals surface area (Å²) in [5.74, 6) is 1.25. The first-order valence-corrected chi connectivity index (χ1v) is 7.25. The molecule has 0 radical (unpaired) electrons. The Labute approximate surface area is 115 Å². The maximum absolute atomic E-state index is 13.1. The number of aliphatic hydroxyl groups is 1. The van der Waals surface area contributed by atoms with Gasteiger partial charge in [-0.25, -0.2) is 9.18 Å². The molecule has 1 aromatic rings. The Kier molecular flexibility index (Phi) is 4.31. The lowest BCUT2D eigenvalue weighted by Gasteiger charge is -2.21. The maximum Gasteiger partial charge on any atom is 0.319 e. The molecule has 2 amide bonds. The standard InChI is InChI=1S/C13H17FN2O2S/c1-9-6-10(2-3-11(9)14)16-12(17)15-7-13(18)4-5-19-8-13/h2-3,6,18H,4-5,7-8H2,1H3,(H2,15,16,17). The molecule has 4 nitrogen and oxygen atoms in total. The Balaban J connectivity index is 1.85. The van der Waals surface area contributed by atoms with Crippen molar-refractivity contribution in [3.05, 3.63) is 29.6 Å². The third-order valence-corrected chi connectivity index (χ3v) is 4.31. The number of halogens is 1. The van der Waals surface area contributed by atoms with Crippen LogP contribution in [0.1, 0.15) is 12.0 Å². The van der Waals surface area contributed by atoms with E-state index < -0.39 is 11.6 Å². The van der Waals surface area contributed by atoms with Gasteiger partial charge < -0.3 is 15.7 Å². The first-order chi connectivity index (χ1) is 8.98. The molecule has 1 aliphatic heterocycles. The van der Waals surface area contributed by atoms with Gasteiger partial charge in [0, 0.05) is 18.0 Å². The van der Waals surface area contributed by atoms with E-state index in [0.29, 0.717) is 23.4 Å². The van der Waals surface area contributed by atoms with Crippen LogP contribution in [0.15, 0.2) is 18.2 Å². The van der Waals surface area contributed by atoms with Crippen molar-refractivity contribution in [2.24, 2.45) is 0 Å². The number of benzene rings is 1. The second-order valence-electron chi connectivity index (χ2n) is 4.80. The molecule has 1 aromatic carbocycles. The van der Waals surface area contributed by atoms with Crippen molar-refractivity contribution in [3.8, 4) is 0 Å². The third kappa shape index (κ3) is 3.84. The highest BCUT2D eigenvalue weighted by molar-refractivity contribution is 7.99. The van der Waals surface area contributed by atoms with Crippen LogP contribution in [-0.2, 0) is 0 Å². The molecule has 1 atom stereocenters. The molecular weight excluding hydrogens is 267 g/mol. The Morgan fingerprint density at radius 2 is 2.37 bits per heavy atom. The number of hydrogen-bond donors (Lipinski definition) is 3. The van der Waals surface area contributed by atoms with Crippen LogP contribution in [0.5, 0.6) is 0 Å². The second-order valence-corrected chi connectivity index (χ2v) is 5.90. The van der Waals surface area contributed by atoms with Crippen LogP contribution in [0.4, 0.5) is 14.9 Å². The van der Waals surface area contributed by atoms with Gasteiger partial charge in [0.1, 0.15) is 5.82 Å². The number of anilines is 1. The minimum atomic E-state index is -0.805. The summed E-state index contributed by atoms with van der Waals surface area (Å²) < 4.78 is 13.1. The number of hydrogen-bond acceptors (Lipinski definition) is 3. The van der Waals surface area contributed by atoms with E-state index in [1.807, 2.05) is 0 Å². The Bertz CT molecular complexity index is 476. The molecule has 0 spiro atoms. The SMILES string of the molecule is Cc1cc(NC(=O)NCC2(O)CCSC2)ccc1F. The van der Waals surface area contributed by atoms with Gasteiger partial charge in [-0.2, -0.15) is 11.8 Å². The summed E-state index contributed by atoms with van der Waals surface area (Å²) in [6.07, 6.45) is 0.688. The van der Waals surface area contributed by atoms with Gasteiger partial charge in [0.2, 0.25) is 0 Å². The van der Waals surface area contributed by atoms with Crippen LogP contribution in [0, 0.1) is 12.7 Å². The van der Waals surface area contributed by atoms with E-state index in [-0.39, 0.29) is 12.4 Å². The molecule has 0 aromatic heterocycles. The van der Waals surface area contributed by atoms with Gasteiger partial charge in [-0.1, -0.05) is 0 Å². The number of rotatable bonds is 3. The summed E-state index contributed by atoms with van der Waals surface area (Å²) in [4.78, 5) is 11.7. The zero-order valence-electron chi connectivity index (χ0n) is 10.7. The average molecular weight is 284 g/mol. The second kappa shape index (κ2) is 5.79. The van der Waals surface area contributed by atoms with Crippen molar-refractivity contribution >= 4 is 23.5 Å². The molecule has 1 aliphatic rings. The smallest absolute Gasteiger partial charge is 0.319 e. The number of amides is 2. The first kappa shape index (κ1) is 14.1. The molecular formula is C13H17FN2O2S. The average Bonchev–Trinajstić information content (AvgIpc) is 2.79. The monoisotopic (exact) mass is 284 g/mol. The van der Waals surface area contributed by atoms with Crippen LogP contribution in [0.2, 0.25) is 0 Å². The van der Waals surface area contributed by atoms with Gasteiger partial charge in [-0.3, -0.25) is 0 Å². The summed E-state index contributed by atoms with van der Waals surface area (Å²) >= 11 is 1.68. The first-order valence-electron chi connectivity index (χ1n) is 6.10. The predicted molar refractivity (Wildman–Crippen MR) is 75.1 cm³/mol. The lowest BCUT2D eigenvalue weighted by atomic mass is 10.0. The fourth-order valence-corrected chi connectivity index (χ4v) is 3.17. The highest BCUT2D eigenvalue weighted by Gasteiger charge is 2.31. The number of nitrogens with one attached hydrogen (secondary N) is 2. The summed E-state index contributed by atoms with van der Waals surface area (Å²) in [5, 5.41) is 15.3. The van der Waals surface area contributed by atoms with Gasteiger partial charge in [0.15, 0.2) is 0 Å². The molecule has 0 bridgehead atoms. The Morgan fingerprint density at radius 1 is 1.58 bits per heavy atom. The normalized spacial score (nSPS) is 22.3. The number of thioether (sulfide) groups is 1. The highest BCUT2D eigenvalue weighted by atomic mass is 32.2. The van der Waals surface area contributed by atoms with Crippen molar-refractivity contribution in [2.75, 3.05) is 23.4 Å². The fraction of sp³-hybridized carbons (Fsp3) is 0.462. The topological polar surface area (TPSA) is 61.4 Å². The summed E-state index contributed by atoms with van der Waals surface area (Å²) in [6, 6.07) is 3.99. The Hall–Kier alpha value is -1.27. The molecule has 6 heteroatoms. The molecule has 0 aliphatic carbocycles. The maximum atomic E-state index is 13.1. The molecule has 19 heavy (non-hydrogen) atoms. The van der Waals surface area contributed by atoms with Crippen LogP contribution < -0.4 is 10.6 Å². The fourth-order valence-electron chi connectivity index (χ4n) is 1.88. The van der Waals surface area contributed by atoms with Crippen LogP contribution in [-0.4, -0.2) is 34.8 Å². The number of carbonyl (C=O) groups excluding carboxylic acids is 1. The zero-order chi connectivity index (χ0) is 13.9. The van der Waals surface area contributed by atoms with Gasteiger partial charge in [0.25, 0.3) is 0 Å². The van der Waals surface area contributed by atoms with E-state index in [9.17, 15) is 14.3 Å².